The summed E-state index contributed by atoms with van der Waals surface area (Å²) >= 11 is 3.60. The lowest BCUT2D eigenvalue weighted by Crippen LogP contribution is -2.49. The third kappa shape index (κ3) is 19.9. The van der Waals surface area contributed by atoms with Gasteiger partial charge in [-0.25, -0.2) is 33.1 Å². The second-order valence-corrected chi connectivity index (χ2v) is 25.7. The van der Waals surface area contributed by atoms with Gasteiger partial charge in [0.15, 0.2) is 0 Å². The molecule has 7 aromatic carbocycles. The Hall–Kier alpha value is -8.29. The molecule has 6 heterocycles. The fourth-order valence-corrected chi connectivity index (χ4v) is 14.4. The first kappa shape index (κ1) is 70.5. The molecule has 0 amide bonds. The number of likely N-dealkylation sites (tertiary alicyclic amines) is 1. The van der Waals surface area contributed by atoms with Crippen LogP contribution in [0.3, 0.4) is 0 Å². The largest absolute Gasteiger partial charge is 0.478 e. The van der Waals surface area contributed by atoms with Crippen molar-refractivity contribution in [3.63, 3.8) is 0 Å². The van der Waals surface area contributed by atoms with Crippen LogP contribution in [0.25, 0.3) is 11.0 Å². The molecule has 8 aromatic rings. The number of piperazine rings is 2. The van der Waals surface area contributed by atoms with Gasteiger partial charge in [-0.2, -0.15) is 0 Å². The Balaban J connectivity index is 0.000000149. The van der Waals surface area contributed by atoms with Gasteiger partial charge in [0, 0.05) is 133 Å². The van der Waals surface area contributed by atoms with Crippen molar-refractivity contribution in [3.8, 4) is 0 Å². The first-order chi connectivity index (χ1) is 46.9. The van der Waals surface area contributed by atoms with E-state index >= 15 is 0 Å². The van der Waals surface area contributed by atoms with Crippen LogP contribution >= 0.6 is 23.5 Å². The SMILES string of the molecule is O=C(O)/C=C/C(=O)O.O=c1[nH]c2ccccc2n1C1CCN(CCCC(c2ccc(F)cc2)c2ccc(F)cc2)CC1.OCCOCCN1CCN(C2=Nc3ccccc3Sc3ccccc32)CC1.OCCOCCN1CCN(C2=Nc3ccccc3Sc3ccccc32)CC1. The molecule has 18 nitrogen and oxygen atoms in total. The Morgan fingerprint density at radius 3 is 1.40 bits per heavy atom. The summed E-state index contributed by atoms with van der Waals surface area (Å²) in [5, 5.41) is 33.2. The summed E-state index contributed by atoms with van der Waals surface area (Å²) in [6.07, 6.45) is 4.89. The number of nitrogens with one attached hydrogen (secondary N) is 1. The lowest BCUT2D eigenvalue weighted by molar-refractivity contribution is -0.134. The van der Waals surface area contributed by atoms with E-state index in [0.29, 0.717) is 38.6 Å². The van der Waals surface area contributed by atoms with Gasteiger partial charge in [0.05, 0.1) is 62.0 Å². The number of rotatable bonds is 19. The number of aromatic amines is 1. The first-order valence-electron chi connectivity index (χ1n) is 32.7. The maximum absolute atomic E-state index is 13.5. The van der Waals surface area contributed by atoms with Gasteiger partial charge in [-0.3, -0.25) is 14.4 Å². The van der Waals surface area contributed by atoms with Crippen molar-refractivity contribution < 1.29 is 48.3 Å². The number of benzene rings is 7. The number of carbonyl (C=O) groups is 2. The normalized spacial score (nSPS) is 15.8. The number of para-hydroxylation sites is 4. The highest BCUT2D eigenvalue weighted by atomic mass is 32.2. The van der Waals surface area contributed by atoms with Crippen molar-refractivity contribution in [3.05, 3.63) is 226 Å². The monoisotopic (exact) mass is 1340 g/mol. The first-order valence-corrected chi connectivity index (χ1v) is 34.3. The molecule has 0 bridgehead atoms. The molecule has 3 saturated heterocycles. The number of aliphatic carboxylic acids is 2. The molecule has 0 radical (unpaired) electrons. The Bertz CT molecular complexity index is 3760. The molecule has 0 aliphatic carbocycles. The zero-order valence-corrected chi connectivity index (χ0v) is 55.4. The number of aliphatic hydroxyl groups is 2. The average Bonchev–Trinajstić information content (AvgIpc) is 1.69. The van der Waals surface area contributed by atoms with E-state index in [1.165, 1.54) is 55.0 Å². The third-order valence-electron chi connectivity index (χ3n) is 17.2. The van der Waals surface area contributed by atoms with Crippen LogP contribution in [-0.2, 0) is 19.1 Å². The maximum atomic E-state index is 13.5. The van der Waals surface area contributed by atoms with Crippen LogP contribution in [-0.4, -0.2) is 203 Å². The van der Waals surface area contributed by atoms with Crippen LogP contribution in [0.5, 0.6) is 0 Å². The predicted octanol–water partition coefficient (Wildman–Crippen LogP) is 11.3. The molecule has 5 aliphatic heterocycles. The van der Waals surface area contributed by atoms with Gasteiger partial charge in [-0.1, -0.05) is 121 Å². The highest BCUT2D eigenvalue weighted by Crippen LogP contribution is 2.42. The molecule has 0 spiro atoms. The minimum atomic E-state index is -1.26. The smallest absolute Gasteiger partial charge is 0.328 e. The van der Waals surface area contributed by atoms with Crippen LogP contribution in [0.4, 0.5) is 20.2 Å². The van der Waals surface area contributed by atoms with Gasteiger partial charge >= 0.3 is 17.6 Å². The van der Waals surface area contributed by atoms with E-state index in [9.17, 15) is 23.2 Å². The number of hydrogen-bond donors (Lipinski definition) is 5. The standard InChI is InChI=1S/C28H29F2N3O.2C21H25N3O2S.C4H4O4/c29-22-11-7-20(8-12-22)25(21-9-13-23(30)14-10-21)4-3-17-32-18-15-24(16-19-32)33-27-6-2-1-5-26(27)31-28(33)34;2*25-14-16-26-15-13-23-9-11-24(12-10-23)21-17-5-1-3-7-19(17)27-20-8-4-2-6-18(20)22-21;5-3(6)1-2-4(7)8/h1-2,5-14,24-25H,3-4,15-19H2,(H,31,34);2*1-8,25H,9-16H2;1-2H,(H,5,6)(H,7,8)/b;;;2-1+. The lowest BCUT2D eigenvalue weighted by atomic mass is 9.87. The molecule has 22 heteroatoms. The number of aliphatic hydroxyl groups excluding tert-OH is 2. The molecule has 5 N–H and O–H groups in total. The van der Waals surface area contributed by atoms with Gasteiger partial charge in [0.1, 0.15) is 23.3 Å². The molecule has 504 valence electrons. The maximum Gasteiger partial charge on any atom is 0.328 e. The minimum Gasteiger partial charge on any atom is -0.478 e. The molecular formula is C74H83F2N9O9S2. The summed E-state index contributed by atoms with van der Waals surface area (Å²) in [5.41, 5.74) is 8.48. The number of halogens is 2. The number of H-pyrrole nitrogens is 1. The molecule has 1 aromatic heterocycles. The summed E-state index contributed by atoms with van der Waals surface area (Å²) in [6.45, 7) is 14.9. The number of hydrogen-bond acceptors (Lipinski definition) is 16. The van der Waals surface area contributed by atoms with E-state index in [4.69, 9.17) is 39.9 Å². The number of nitrogens with zero attached hydrogens (tertiary/aromatic N) is 8. The van der Waals surface area contributed by atoms with Crippen molar-refractivity contribution in [2.45, 2.75) is 57.2 Å². The number of piperidine rings is 1. The van der Waals surface area contributed by atoms with Crippen molar-refractivity contribution in [2.75, 3.05) is 125 Å². The highest BCUT2D eigenvalue weighted by molar-refractivity contribution is 7.99. The van der Waals surface area contributed by atoms with Crippen molar-refractivity contribution in [1.29, 1.82) is 0 Å². The number of carboxylic acids is 2. The molecule has 5 aliphatic rings. The van der Waals surface area contributed by atoms with E-state index in [1.54, 1.807) is 23.5 Å². The molecule has 13 rings (SSSR count). The minimum absolute atomic E-state index is 0.0268. The summed E-state index contributed by atoms with van der Waals surface area (Å²) in [6, 6.07) is 55.2. The molecule has 0 unspecified atom stereocenters. The third-order valence-corrected chi connectivity index (χ3v) is 19.5. The van der Waals surface area contributed by atoms with Crippen LogP contribution in [0, 0.1) is 11.6 Å². The van der Waals surface area contributed by atoms with Gasteiger partial charge in [-0.15, -0.1) is 0 Å². The number of aliphatic imine (C=N–C) groups is 2. The Kier molecular flexibility index (Phi) is 26.6. The topological polar surface area (TPSA) is 212 Å². The number of ether oxygens (including phenoxy) is 2. The lowest BCUT2D eigenvalue weighted by Gasteiger charge is -2.36. The Labute approximate surface area is 567 Å². The fourth-order valence-electron chi connectivity index (χ4n) is 12.3. The van der Waals surface area contributed by atoms with Crippen LogP contribution in [0.2, 0.25) is 0 Å². The zero-order valence-electron chi connectivity index (χ0n) is 53.7. The fraction of sp³-hybridized carbons (Fsp3) is 0.338. The van der Waals surface area contributed by atoms with Crippen molar-refractivity contribution >= 4 is 69.5 Å². The van der Waals surface area contributed by atoms with Crippen molar-refractivity contribution in [2.24, 2.45) is 9.98 Å². The second-order valence-electron chi connectivity index (χ2n) is 23.5. The number of fused-ring (bicyclic) bond motifs is 5. The predicted molar refractivity (Wildman–Crippen MR) is 374 cm³/mol. The van der Waals surface area contributed by atoms with E-state index < -0.39 is 11.9 Å². The number of imidazole rings is 1. The van der Waals surface area contributed by atoms with E-state index in [-0.39, 0.29) is 42.5 Å². The molecule has 96 heavy (non-hydrogen) atoms. The van der Waals surface area contributed by atoms with Crippen molar-refractivity contribution in [1.82, 2.24) is 34.1 Å². The molecule has 0 saturated carbocycles. The van der Waals surface area contributed by atoms with Gasteiger partial charge in [-0.05, 0) is 116 Å². The van der Waals surface area contributed by atoms with Gasteiger partial charge < -0.3 is 49.6 Å². The summed E-state index contributed by atoms with van der Waals surface area (Å²) in [7, 11) is 0. The van der Waals surface area contributed by atoms with Gasteiger partial charge in [0.25, 0.3) is 0 Å². The summed E-state index contributed by atoms with van der Waals surface area (Å²) in [5.74, 6) is -0.751. The van der Waals surface area contributed by atoms with Crippen LogP contribution < -0.4 is 5.69 Å². The van der Waals surface area contributed by atoms with Crippen LogP contribution in [0.15, 0.2) is 216 Å². The average molecular weight is 1340 g/mol. The Morgan fingerprint density at radius 2 is 0.938 bits per heavy atom. The molecule has 3 fully saturated rings. The zero-order chi connectivity index (χ0) is 67.0. The quantitative estimate of drug-likeness (QED) is 0.0376. The summed E-state index contributed by atoms with van der Waals surface area (Å²) in [4.78, 5) is 61.8. The highest BCUT2D eigenvalue weighted by Gasteiger charge is 2.28. The number of carboxylic acid groups (broad SMARTS) is 2. The number of aromatic nitrogens is 2. The molecule has 0 atom stereocenters. The van der Waals surface area contributed by atoms with Gasteiger partial charge in [0.2, 0.25) is 0 Å². The Morgan fingerprint density at radius 1 is 0.521 bits per heavy atom. The van der Waals surface area contributed by atoms with E-state index in [2.05, 4.69) is 127 Å². The number of amidine groups is 2. The van der Waals surface area contributed by atoms with Crippen LogP contribution in [0.1, 0.15) is 59.9 Å². The second kappa shape index (κ2) is 36.2. The summed E-state index contributed by atoms with van der Waals surface area (Å²) < 4.78 is 39.7. The molecular weight excluding hydrogens is 1260 g/mol. The van der Waals surface area contributed by atoms with E-state index in [0.717, 1.165) is 156 Å². The van der Waals surface area contributed by atoms with E-state index in [1.807, 2.05) is 53.1 Å².